The summed E-state index contributed by atoms with van der Waals surface area (Å²) in [7, 11) is 1.56. The van der Waals surface area contributed by atoms with E-state index in [-0.39, 0.29) is 0 Å². The molecule has 0 aliphatic rings. The molecule has 1 unspecified atom stereocenters. The summed E-state index contributed by atoms with van der Waals surface area (Å²) >= 11 is 0. The normalized spacial score (nSPS) is 11.3. The number of nitrogens with one attached hydrogen (secondary N) is 1. The van der Waals surface area contributed by atoms with Crippen molar-refractivity contribution in [2.45, 2.75) is 19.4 Å². The van der Waals surface area contributed by atoms with E-state index in [0.29, 0.717) is 22.6 Å². The highest BCUT2D eigenvalue weighted by Crippen LogP contribution is 2.26. The number of benzene rings is 2. The molecular formula is C18H18N2O3. The van der Waals surface area contributed by atoms with Gasteiger partial charge in [0.25, 0.3) is 0 Å². The Morgan fingerprint density at radius 3 is 2.52 bits per heavy atom. The van der Waals surface area contributed by atoms with E-state index in [1.807, 2.05) is 25.1 Å². The van der Waals surface area contributed by atoms with Crippen LogP contribution in [0.1, 0.15) is 29.7 Å². The van der Waals surface area contributed by atoms with Crippen molar-refractivity contribution in [3.8, 4) is 11.8 Å². The minimum absolute atomic E-state index is 0.525. The van der Waals surface area contributed by atoms with Gasteiger partial charge in [-0.05, 0) is 53.9 Å². The van der Waals surface area contributed by atoms with Crippen LogP contribution in [0.2, 0.25) is 0 Å². The highest BCUT2D eigenvalue weighted by atomic mass is 16.5. The molecule has 118 valence electrons. The summed E-state index contributed by atoms with van der Waals surface area (Å²) in [5.41, 5.74) is 2.79. The minimum atomic E-state index is -0.982. The van der Waals surface area contributed by atoms with E-state index >= 15 is 0 Å². The molecule has 2 aromatic carbocycles. The molecule has 0 bridgehead atoms. The van der Waals surface area contributed by atoms with Crippen molar-refractivity contribution in [1.82, 2.24) is 0 Å². The molecule has 2 rings (SSSR count). The Balaban J connectivity index is 2.34. The average Bonchev–Trinajstić information content (AvgIpc) is 2.59. The van der Waals surface area contributed by atoms with Gasteiger partial charge < -0.3 is 15.2 Å². The molecule has 0 amide bonds. The van der Waals surface area contributed by atoms with Crippen LogP contribution in [0.3, 0.4) is 0 Å². The van der Waals surface area contributed by atoms with Gasteiger partial charge >= 0.3 is 5.97 Å². The summed E-state index contributed by atoms with van der Waals surface area (Å²) in [6.45, 7) is 2.00. The number of aryl methyl sites for hydroxylation is 1. The van der Waals surface area contributed by atoms with Crippen molar-refractivity contribution in [2.75, 3.05) is 12.4 Å². The first-order valence-corrected chi connectivity index (χ1v) is 7.24. The number of nitriles is 1. The van der Waals surface area contributed by atoms with E-state index in [4.69, 9.17) is 10.00 Å². The number of aliphatic carboxylic acids is 1. The van der Waals surface area contributed by atoms with Crippen LogP contribution < -0.4 is 10.1 Å². The fourth-order valence-electron chi connectivity index (χ4n) is 2.27. The highest BCUT2D eigenvalue weighted by molar-refractivity contribution is 5.79. The summed E-state index contributed by atoms with van der Waals surface area (Å²) in [4.78, 5) is 11.7. The Hall–Kier alpha value is -3.00. The van der Waals surface area contributed by atoms with Gasteiger partial charge in [0.15, 0.2) is 6.04 Å². The van der Waals surface area contributed by atoms with E-state index in [0.717, 1.165) is 12.0 Å². The predicted octanol–water partition coefficient (Wildman–Crippen LogP) is 3.37. The van der Waals surface area contributed by atoms with Gasteiger partial charge in [0.2, 0.25) is 0 Å². The maximum Gasteiger partial charge on any atom is 0.330 e. The molecule has 2 N–H and O–H groups in total. The van der Waals surface area contributed by atoms with Gasteiger partial charge in [-0.15, -0.1) is 0 Å². The summed E-state index contributed by atoms with van der Waals surface area (Å²) in [6.07, 6.45) is 0.785. The van der Waals surface area contributed by atoms with E-state index in [1.165, 1.54) is 0 Å². The van der Waals surface area contributed by atoms with Crippen molar-refractivity contribution < 1.29 is 14.6 Å². The van der Waals surface area contributed by atoms with Crippen LogP contribution >= 0.6 is 0 Å². The Morgan fingerprint density at radius 1 is 1.30 bits per heavy atom. The van der Waals surface area contributed by atoms with Gasteiger partial charge in [0, 0.05) is 5.69 Å². The second-order valence-corrected chi connectivity index (χ2v) is 5.07. The first kappa shape index (κ1) is 16.4. The van der Waals surface area contributed by atoms with E-state index < -0.39 is 12.0 Å². The predicted molar refractivity (Wildman–Crippen MR) is 87.5 cm³/mol. The zero-order valence-electron chi connectivity index (χ0n) is 13.0. The fraction of sp³-hybridized carbons (Fsp3) is 0.222. The first-order chi connectivity index (χ1) is 11.1. The summed E-state index contributed by atoms with van der Waals surface area (Å²) < 4.78 is 5.25. The van der Waals surface area contributed by atoms with Gasteiger partial charge in [-0.2, -0.15) is 5.26 Å². The van der Waals surface area contributed by atoms with Crippen LogP contribution in [-0.2, 0) is 11.2 Å². The van der Waals surface area contributed by atoms with E-state index in [1.54, 1.807) is 37.4 Å². The second kappa shape index (κ2) is 7.32. The Morgan fingerprint density at radius 2 is 2.00 bits per heavy atom. The van der Waals surface area contributed by atoms with Crippen molar-refractivity contribution in [3.05, 3.63) is 59.2 Å². The number of carboxylic acids is 1. The Bertz CT molecular complexity index is 711. The van der Waals surface area contributed by atoms with Crippen LogP contribution in [0.15, 0.2) is 42.5 Å². The maximum absolute atomic E-state index is 11.7. The molecule has 0 saturated heterocycles. The largest absolute Gasteiger partial charge is 0.497 e. The van der Waals surface area contributed by atoms with Crippen molar-refractivity contribution in [3.63, 3.8) is 0 Å². The molecule has 1 atom stereocenters. The van der Waals surface area contributed by atoms with Gasteiger partial charge in [-0.3, -0.25) is 0 Å². The van der Waals surface area contributed by atoms with Gasteiger partial charge in [-0.25, -0.2) is 4.79 Å². The maximum atomic E-state index is 11.7. The van der Waals surface area contributed by atoms with E-state index in [2.05, 4.69) is 5.32 Å². The zero-order valence-corrected chi connectivity index (χ0v) is 13.0. The third-order valence-electron chi connectivity index (χ3n) is 3.54. The topological polar surface area (TPSA) is 82.3 Å². The molecule has 5 nitrogen and oxygen atoms in total. The Kier molecular flexibility index (Phi) is 5.21. The first-order valence-electron chi connectivity index (χ1n) is 7.24. The van der Waals surface area contributed by atoms with Crippen molar-refractivity contribution >= 4 is 11.7 Å². The van der Waals surface area contributed by atoms with Gasteiger partial charge in [0.1, 0.15) is 5.75 Å². The lowest BCUT2D eigenvalue weighted by molar-refractivity contribution is -0.138. The summed E-state index contributed by atoms with van der Waals surface area (Å²) in [5, 5.41) is 21.4. The molecule has 5 heteroatoms. The molecule has 0 saturated carbocycles. The lowest BCUT2D eigenvalue weighted by Crippen LogP contribution is -2.20. The van der Waals surface area contributed by atoms with Crippen LogP contribution in [-0.4, -0.2) is 18.2 Å². The lowest BCUT2D eigenvalue weighted by atomic mass is 10.0. The smallest absolute Gasteiger partial charge is 0.330 e. The van der Waals surface area contributed by atoms with Gasteiger partial charge in [0.05, 0.1) is 18.7 Å². The lowest BCUT2D eigenvalue weighted by Gasteiger charge is -2.18. The summed E-state index contributed by atoms with van der Waals surface area (Å²) in [5.74, 6) is -0.350. The molecule has 0 spiro atoms. The number of methoxy groups -OCH3 is 1. The van der Waals surface area contributed by atoms with Crippen molar-refractivity contribution in [2.24, 2.45) is 0 Å². The molecule has 23 heavy (non-hydrogen) atoms. The molecule has 0 aliphatic heterocycles. The molecule has 0 aliphatic carbocycles. The summed E-state index contributed by atoms with van der Waals surface area (Å²) in [6, 6.07) is 13.3. The molecule has 2 aromatic rings. The number of hydrogen-bond donors (Lipinski definition) is 2. The molecule has 0 heterocycles. The number of carboxylic acid groups (broad SMARTS) is 1. The number of hydrogen-bond acceptors (Lipinski definition) is 4. The van der Waals surface area contributed by atoms with E-state index in [9.17, 15) is 9.90 Å². The van der Waals surface area contributed by atoms with Gasteiger partial charge in [-0.1, -0.05) is 13.0 Å². The standard InChI is InChI=1S/C18H18N2O3/c1-3-12-8-14(10-16(9-12)23-2)17(18(21)22)20-15-6-4-13(11-19)5-7-15/h4-10,17,20H,3H2,1-2H3,(H,21,22). The number of nitrogens with zero attached hydrogens (tertiary/aromatic N) is 1. The number of ether oxygens (including phenoxy) is 1. The molecule has 0 radical (unpaired) electrons. The SMILES string of the molecule is CCc1cc(OC)cc(C(Nc2ccc(C#N)cc2)C(=O)O)c1. The highest BCUT2D eigenvalue weighted by Gasteiger charge is 2.21. The van der Waals surface area contributed by atoms with Crippen LogP contribution in [0, 0.1) is 11.3 Å². The molecule has 0 aromatic heterocycles. The quantitative estimate of drug-likeness (QED) is 0.855. The molecular weight excluding hydrogens is 292 g/mol. The molecule has 0 fully saturated rings. The Labute approximate surface area is 135 Å². The third kappa shape index (κ3) is 4.01. The van der Waals surface area contributed by atoms with Crippen LogP contribution in [0.25, 0.3) is 0 Å². The van der Waals surface area contributed by atoms with Crippen LogP contribution in [0.4, 0.5) is 5.69 Å². The third-order valence-corrected chi connectivity index (χ3v) is 3.54. The number of carbonyl (C=O) groups is 1. The monoisotopic (exact) mass is 310 g/mol. The average molecular weight is 310 g/mol. The van der Waals surface area contributed by atoms with Crippen molar-refractivity contribution in [1.29, 1.82) is 5.26 Å². The number of anilines is 1. The number of rotatable bonds is 6. The second-order valence-electron chi connectivity index (χ2n) is 5.07. The zero-order chi connectivity index (χ0) is 16.8. The van der Waals surface area contributed by atoms with Crippen LogP contribution in [0.5, 0.6) is 5.75 Å². The minimum Gasteiger partial charge on any atom is -0.497 e. The fourth-order valence-corrected chi connectivity index (χ4v) is 2.27.